The molecule has 112 valence electrons. The summed E-state index contributed by atoms with van der Waals surface area (Å²) in [6.45, 7) is 1.61. The van der Waals surface area contributed by atoms with Crippen LogP contribution in [0.1, 0.15) is 23.7 Å². The van der Waals surface area contributed by atoms with Gasteiger partial charge in [-0.2, -0.15) is 13.2 Å². The van der Waals surface area contributed by atoms with Crippen LogP contribution in [0.2, 0.25) is 0 Å². The fourth-order valence-electron chi connectivity index (χ4n) is 1.74. The highest BCUT2D eigenvalue weighted by molar-refractivity contribution is 7.99. The Labute approximate surface area is 119 Å². The molecule has 0 aromatic heterocycles. The van der Waals surface area contributed by atoms with Gasteiger partial charge in [0, 0.05) is 18.5 Å². The van der Waals surface area contributed by atoms with Gasteiger partial charge in [-0.05, 0) is 17.9 Å². The van der Waals surface area contributed by atoms with Gasteiger partial charge in [0.15, 0.2) is 0 Å². The molecule has 0 atom stereocenters. The maximum Gasteiger partial charge on any atom is 0.390 e. The molecule has 0 heterocycles. The maximum atomic E-state index is 12.2. The monoisotopic (exact) mass is 307 g/mol. The lowest BCUT2D eigenvalue weighted by molar-refractivity contribution is -0.132. The van der Waals surface area contributed by atoms with Crippen LogP contribution in [0, 0.1) is 0 Å². The van der Waals surface area contributed by atoms with E-state index in [1.165, 1.54) is 29.8 Å². The largest absolute Gasteiger partial charge is 0.478 e. The first-order valence-electron chi connectivity index (χ1n) is 6.03. The van der Waals surface area contributed by atoms with Crippen LogP contribution in [0.15, 0.2) is 23.1 Å². The molecule has 0 saturated heterocycles. The third-order valence-electron chi connectivity index (χ3n) is 2.66. The summed E-state index contributed by atoms with van der Waals surface area (Å²) in [5.41, 5.74) is 0.365. The van der Waals surface area contributed by atoms with Crippen LogP contribution in [-0.2, 0) is 0 Å². The van der Waals surface area contributed by atoms with E-state index >= 15 is 0 Å². The fraction of sp³-hybridized carbons (Fsp3) is 0.462. The van der Waals surface area contributed by atoms with Gasteiger partial charge in [0.2, 0.25) is 0 Å². The molecule has 0 aliphatic carbocycles. The molecule has 20 heavy (non-hydrogen) atoms. The summed E-state index contributed by atoms with van der Waals surface area (Å²) in [4.78, 5) is 13.3. The molecule has 0 spiro atoms. The van der Waals surface area contributed by atoms with E-state index in [1.807, 2.05) is 6.92 Å². The molecule has 1 rings (SSSR count). The van der Waals surface area contributed by atoms with E-state index < -0.39 is 18.6 Å². The molecule has 1 aromatic rings. The Morgan fingerprint density at radius 3 is 2.55 bits per heavy atom. The quantitative estimate of drug-likeness (QED) is 0.810. The lowest BCUT2D eigenvalue weighted by atomic mass is 10.1. The maximum absolute atomic E-state index is 12.2. The van der Waals surface area contributed by atoms with E-state index in [4.69, 9.17) is 0 Å². The summed E-state index contributed by atoms with van der Waals surface area (Å²) >= 11 is 1.36. The predicted octanol–water partition coefficient (Wildman–Crippen LogP) is 3.89. The molecule has 1 aromatic carbocycles. The van der Waals surface area contributed by atoms with Crippen molar-refractivity contribution in [2.45, 2.75) is 24.4 Å². The highest BCUT2D eigenvalue weighted by Crippen LogP contribution is 2.31. The van der Waals surface area contributed by atoms with Gasteiger partial charge in [-0.25, -0.2) is 4.79 Å². The van der Waals surface area contributed by atoms with Crippen molar-refractivity contribution in [1.29, 1.82) is 0 Å². The molecular formula is C13H16F3NO2S. The molecule has 0 fully saturated rings. The number of carboxylic acids is 1. The lowest BCUT2D eigenvalue weighted by Crippen LogP contribution is -2.25. The number of rotatable bonds is 6. The van der Waals surface area contributed by atoms with E-state index in [-0.39, 0.29) is 12.1 Å². The standard InChI is InChI=1S/C13H16F3NO2S/c1-3-20-10-6-4-5-9(11(10)12(18)19)17(2)8-7-13(14,15)16/h4-6H,3,7-8H2,1-2H3,(H,18,19). The van der Waals surface area contributed by atoms with Gasteiger partial charge in [-0.1, -0.05) is 13.0 Å². The van der Waals surface area contributed by atoms with Crippen molar-refractivity contribution in [1.82, 2.24) is 0 Å². The highest BCUT2D eigenvalue weighted by atomic mass is 32.2. The third-order valence-corrected chi connectivity index (χ3v) is 3.60. The first kappa shape index (κ1) is 16.7. The normalized spacial score (nSPS) is 11.4. The Morgan fingerprint density at radius 1 is 1.40 bits per heavy atom. The van der Waals surface area contributed by atoms with Crippen molar-refractivity contribution >= 4 is 23.4 Å². The van der Waals surface area contributed by atoms with Gasteiger partial charge in [-0.3, -0.25) is 0 Å². The molecule has 3 nitrogen and oxygen atoms in total. The summed E-state index contributed by atoms with van der Waals surface area (Å²) in [5.74, 6) is -0.439. The van der Waals surface area contributed by atoms with Gasteiger partial charge in [0.25, 0.3) is 0 Å². The number of alkyl halides is 3. The SMILES string of the molecule is CCSc1cccc(N(C)CCC(F)(F)F)c1C(=O)O. The molecule has 0 unspecified atom stereocenters. The lowest BCUT2D eigenvalue weighted by Gasteiger charge is -2.23. The first-order valence-corrected chi connectivity index (χ1v) is 7.01. The van der Waals surface area contributed by atoms with Crippen LogP contribution in [0.25, 0.3) is 0 Å². The number of carbonyl (C=O) groups is 1. The van der Waals surface area contributed by atoms with E-state index in [9.17, 15) is 23.1 Å². The Morgan fingerprint density at radius 2 is 2.05 bits per heavy atom. The summed E-state index contributed by atoms with van der Waals surface area (Å²) in [7, 11) is 1.47. The van der Waals surface area contributed by atoms with Crippen molar-refractivity contribution in [2.24, 2.45) is 0 Å². The summed E-state index contributed by atoms with van der Waals surface area (Å²) < 4.78 is 36.7. The van der Waals surface area contributed by atoms with Crippen molar-refractivity contribution in [3.05, 3.63) is 23.8 Å². The highest BCUT2D eigenvalue weighted by Gasteiger charge is 2.28. The van der Waals surface area contributed by atoms with Crippen LogP contribution in [0.3, 0.4) is 0 Å². The molecule has 0 aliphatic rings. The first-order chi connectivity index (χ1) is 9.26. The van der Waals surface area contributed by atoms with Crippen LogP contribution in [0.4, 0.5) is 18.9 Å². The van der Waals surface area contributed by atoms with Crippen LogP contribution >= 0.6 is 11.8 Å². The molecule has 0 saturated carbocycles. The zero-order chi connectivity index (χ0) is 15.3. The molecule has 0 radical (unpaired) electrons. The molecule has 0 aliphatic heterocycles. The van der Waals surface area contributed by atoms with Gasteiger partial charge in [-0.15, -0.1) is 11.8 Å². The Bertz CT molecular complexity index is 477. The van der Waals surface area contributed by atoms with Gasteiger partial charge < -0.3 is 10.0 Å². The predicted molar refractivity (Wildman–Crippen MR) is 73.7 cm³/mol. The topological polar surface area (TPSA) is 40.5 Å². The average Bonchev–Trinajstić information content (AvgIpc) is 2.35. The third kappa shape index (κ3) is 4.63. The number of aromatic carboxylic acids is 1. The number of anilines is 1. The molecule has 1 N–H and O–H groups in total. The molecule has 7 heteroatoms. The fourth-order valence-corrected chi connectivity index (χ4v) is 2.57. The summed E-state index contributed by atoms with van der Waals surface area (Å²) in [5, 5.41) is 9.29. The van der Waals surface area contributed by atoms with Crippen molar-refractivity contribution in [2.75, 3.05) is 24.2 Å². The minimum atomic E-state index is -4.26. The number of hydrogen-bond acceptors (Lipinski definition) is 3. The Balaban J connectivity index is 3.04. The minimum Gasteiger partial charge on any atom is -0.478 e. The van der Waals surface area contributed by atoms with E-state index in [2.05, 4.69) is 0 Å². The Hall–Kier alpha value is -1.37. The molecular weight excluding hydrogens is 291 g/mol. The van der Waals surface area contributed by atoms with Crippen molar-refractivity contribution in [3.8, 4) is 0 Å². The van der Waals surface area contributed by atoms with E-state index in [1.54, 1.807) is 12.1 Å². The summed E-state index contributed by atoms with van der Waals surface area (Å²) in [6.07, 6.45) is -5.23. The van der Waals surface area contributed by atoms with Crippen LogP contribution in [-0.4, -0.2) is 36.6 Å². The second-order valence-corrected chi connectivity index (χ2v) is 5.48. The smallest absolute Gasteiger partial charge is 0.390 e. The number of halogens is 3. The second kappa shape index (κ2) is 6.88. The molecule has 0 amide bonds. The van der Waals surface area contributed by atoms with Gasteiger partial charge in [0.05, 0.1) is 17.7 Å². The van der Waals surface area contributed by atoms with Crippen LogP contribution < -0.4 is 4.90 Å². The zero-order valence-electron chi connectivity index (χ0n) is 11.2. The van der Waals surface area contributed by atoms with Crippen molar-refractivity contribution in [3.63, 3.8) is 0 Å². The zero-order valence-corrected chi connectivity index (χ0v) is 12.0. The number of benzene rings is 1. The van der Waals surface area contributed by atoms with E-state index in [0.717, 1.165) is 0 Å². The van der Waals surface area contributed by atoms with Crippen molar-refractivity contribution < 1.29 is 23.1 Å². The average molecular weight is 307 g/mol. The number of carboxylic acid groups (broad SMARTS) is 1. The van der Waals surface area contributed by atoms with Gasteiger partial charge >= 0.3 is 12.1 Å². The summed E-state index contributed by atoms with van der Waals surface area (Å²) in [6, 6.07) is 4.85. The van der Waals surface area contributed by atoms with Crippen LogP contribution in [0.5, 0.6) is 0 Å². The minimum absolute atomic E-state index is 0.0593. The number of hydrogen-bond donors (Lipinski definition) is 1. The second-order valence-electron chi connectivity index (χ2n) is 4.18. The van der Waals surface area contributed by atoms with Gasteiger partial charge in [0.1, 0.15) is 0 Å². The Kier molecular flexibility index (Phi) is 5.74. The number of thioether (sulfide) groups is 1. The number of nitrogens with zero attached hydrogens (tertiary/aromatic N) is 1. The molecule has 0 bridgehead atoms. The van der Waals surface area contributed by atoms with E-state index in [0.29, 0.717) is 16.3 Å².